The number of hydrogen-bond acceptors (Lipinski definition) is 7. The van der Waals surface area contributed by atoms with Gasteiger partial charge in [-0.3, -0.25) is 4.79 Å². The van der Waals surface area contributed by atoms with Gasteiger partial charge in [0.05, 0.1) is 23.9 Å². The number of carbonyl (C=O) groups is 1. The SMILES string of the molecule is COCc1nc(N2CCCN(C(=O)c3cccc(OC)c3)CC2)c2c(C)nn(-c3ccc(C)cc3)c2n1. The molecule has 9 heteroatoms. The third kappa shape index (κ3) is 4.99. The highest BCUT2D eigenvalue weighted by molar-refractivity contribution is 5.95. The normalized spacial score (nSPS) is 14.2. The van der Waals surface area contributed by atoms with Gasteiger partial charge >= 0.3 is 0 Å². The summed E-state index contributed by atoms with van der Waals surface area (Å²) >= 11 is 0. The molecule has 5 rings (SSSR count). The van der Waals surface area contributed by atoms with Crippen LogP contribution in [-0.2, 0) is 11.3 Å². The first kappa shape index (κ1) is 24.7. The summed E-state index contributed by atoms with van der Waals surface area (Å²) in [5.41, 5.74) is 4.39. The van der Waals surface area contributed by atoms with Gasteiger partial charge in [0.1, 0.15) is 18.2 Å². The predicted octanol–water partition coefficient (Wildman–Crippen LogP) is 3.94. The number of carbonyl (C=O) groups excluding carboxylic acids is 1. The molecule has 0 radical (unpaired) electrons. The van der Waals surface area contributed by atoms with Crippen LogP contribution in [0.3, 0.4) is 0 Å². The summed E-state index contributed by atoms with van der Waals surface area (Å²) in [5.74, 6) is 2.13. The topological polar surface area (TPSA) is 85.6 Å². The Balaban J connectivity index is 1.48. The molecule has 0 spiro atoms. The average molecular weight is 501 g/mol. The van der Waals surface area contributed by atoms with Gasteiger partial charge in [0.15, 0.2) is 11.5 Å². The third-order valence-corrected chi connectivity index (χ3v) is 6.68. The summed E-state index contributed by atoms with van der Waals surface area (Å²) in [6.07, 6.45) is 0.825. The van der Waals surface area contributed by atoms with Gasteiger partial charge in [0.25, 0.3) is 5.91 Å². The molecule has 37 heavy (non-hydrogen) atoms. The minimum Gasteiger partial charge on any atom is -0.497 e. The Hall–Kier alpha value is -3.98. The van der Waals surface area contributed by atoms with Crippen LogP contribution in [0, 0.1) is 13.8 Å². The highest BCUT2D eigenvalue weighted by Gasteiger charge is 2.25. The monoisotopic (exact) mass is 500 g/mol. The van der Waals surface area contributed by atoms with Gasteiger partial charge in [0.2, 0.25) is 0 Å². The molecule has 0 unspecified atom stereocenters. The number of aryl methyl sites for hydroxylation is 2. The number of hydrogen-bond donors (Lipinski definition) is 0. The predicted molar refractivity (Wildman–Crippen MR) is 143 cm³/mol. The van der Waals surface area contributed by atoms with Crippen LogP contribution in [0.5, 0.6) is 5.75 Å². The van der Waals surface area contributed by atoms with E-state index in [4.69, 9.17) is 24.5 Å². The van der Waals surface area contributed by atoms with E-state index in [1.54, 1.807) is 20.3 Å². The molecule has 0 bridgehead atoms. The molecule has 2 aromatic heterocycles. The number of aromatic nitrogens is 4. The van der Waals surface area contributed by atoms with E-state index in [0.717, 1.165) is 41.2 Å². The van der Waals surface area contributed by atoms with E-state index in [0.29, 0.717) is 43.4 Å². The first-order chi connectivity index (χ1) is 18.0. The molecule has 9 nitrogen and oxygen atoms in total. The maximum Gasteiger partial charge on any atom is 0.254 e. The number of anilines is 1. The molecule has 3 heterocycles. The molecular formula is C28H32N6O3. The van der Waals surface area contributed by atoms with Crippen LogP contribution in [0.25, 0.3) is 16.7 Å². The molecule has 1 fully saturated rings. The van der Waals surface area contributed by atoms with Crippen LogP contribution in [0.2, 0.25) is 0 Å². The van der Waals surface area contributed by atoms with Crippen LogP contribution in [0.4, 0.5) is 5.82 Å². The quantitative estimate of drug-likeness (QED) is 0.396. The molecule has 0 aliphatic carbocycles. The van der Waals surface area contributed by atoms with Crippen molar-refractivity contribution in [3.63, 3.8) is 0 Å². The Labute approximate surface area is 216 Å². The van der Waals surface area contributed by atoms with Crippen molar-refractivity contribution >= 4 is 22.8 Å². The molecule has 1 aliphatic heterocycles. The second-order valence-electron chi connectivity index (χ2n) is 9.29. The minimum absolute atomic E-state index is 0.0111. The summed E-state index contributed by atoms with van der Waals surface area (Å²) in [4.78, 5) is 27.1. The molecule has 1 amide bonds. The fourth-order valence-electron chi connectivity index (χ4n) is 4.77. The van der Waals surface area contributed by atoms with Gasteiger partial charge in [-0.05, 0) is 50.6 Å². The fourth-order valence-corrected chi connectivity index (χ4v) is 4.77. The van der Waals surface area contributed by atoms with E-state index < -0.39 is 0 Å². The van der Waals surface area contributed by atoms with E-state index in [-0.39, 0.29) is 5.91 Å². The molecule has 2 aromatic carbocycles. The van der Waals surface area contributed by atoms with Gasteiger partial charge in [-0.2, -0.15) is 5.10 Å². The number of amides is 1. The van der Waals surface area contributed by atoms with Crippen LogP contribution < -0.4 is 9.64 Å². The lowest BCUT2D eigenvalue weighted by Crippen LogP contribution is -2.35. The van der Waals surface area contributed by atoms with Crippen molar-refractivity contribution in [2.75, 3.05) is 45.3 Å². The maximum absolute atomic E-state index is 13.3. The lowest BCUT2D eigenvalue weighted by atomic mass is 10.2. The Morgan fingerprint density at radius 1 is 0.973 bits per heavy atom. The van der Waals surface area contributed by atoms with Crippen molar-refractivity contribution in [1.29, 1.82) is 0 Å². The second-order valence-corrected chi connectivity index (χ2v) is 9.29. The highest BCUT2D eigenvalue weighted by atomic mass is 16.5. The van der Waals surface area contributed by atoms with E-state index in [2.05, 4.69) is 24.0 Å². The summed E-state index contributed by atoms with van der Waals surface area (Å²) in [6.45, 7) is 7.05. The van der Waals surface area contributed by atoms with E-state index in [1.807, 2.05) is 46.8 Å². The summed E-state index contributed by atoms with van der Waals surface area (Å²) < 4.78 is 12.6. The first-order valence-electron chi connectivity index (χ1n) is 12.5. The van der Waals surface area contributed by atoms with Gasteiger partial charge in [0, 0.05) is 38.9 Å². The van der Waals surface area contributed by atoms with Crippen molar-refractivity contribution in [1.82, 2.24) is 24.6 Å². The molecule has 1 aliphatic rings. The van der Waals surface area contributed by atoms with Crippen molar-refractivity contribution in [3.8, 4) is 11.4 Å². The van der Waals surface area contributed by atoms with Gasteiger partial charge < -0.3 is 19.3 Å². The zero-order valence-electron chi connectivity index (χ0n) is 21.8. The molecular weight excluding hydrogens is 468 g/mol. The fraction of sp³-hybridized carbons (Fsp3) is 0.357. The minimum atomic E-state index is 0.0111. The van der Waals surface area contributed by atoms with Crippen LogP contribution in [0.1, 0.15) is 33.9 Å². The van der Waals surface area contributed by atoms with Gasteiger partial charge in [-0.15, -0.1) is 0 Å². The molecule has 4 aromatic rings. The lowest BCUT2D eigenvalue weighted by molar-refractivity contribution is 0.0766. The van der Waals surface area contributed by atoms with E-state index in [1.165, 1.54) is 5.56 Å². The Bertz CT molecular complexity index is 1420. The Kier molecular flexibility index (Phi) is 7.05. The number of methoxy groups -OCH3 is 2. The summed E-state index contributed by atoms with van der Waals surface area (Å²) in [6, 6.07) is 15.6. The number of ether oxygens (including phenoxy) is 2. The zero-order chi connectivity index (χ0) is 25.9. The largest absolute Gasteiger partial charge is 0.497 e. The maximum atomic E-state index is 13.3. The number of rotatable bonds is 6. The zero-order valence-corrected chi connectivity index (χ0v) is 21.8. The summed E-state index contributed by atoms with van der Waals surface area (Å²) in [7, 11) is 3.25. The average Bonchev–Trinajstić information content (AvgIpc) is 3.08. The van der Waals surface area contributed by atoms with Crippen LogP contribution in [0.15, 0.2) is 48.5 Å². The van der Waals surface area contributed by atoms with Crippen molar-refractivity contribution in [2.45, 2.75) is 26.9 Å². The smallest absolute Gasteiger partial charge is 0.254 e. The first-order valence-corrected chi connectivity index (χ1v) is 12.5. The number of fused-ring (bicyclic) bond motifs is 1. The Morgan fingerprint density at radius 2 is 1.78 bits per heavy atom. The standard InChI is InChI=1S/C28H32N6O3/c1-19-9-11-22(12-10-19)34-27-25(20(2)31-34)26(29-24(30-27)18-36-3)32-13-6-14-33(16-15-32)28(35)21-7-5-8-23(17-21)37-4/h5,7-12,17H,6,13-16,18H2,1-4H3. The molecule has 0 atom stereocenters. The molecule has 0 N–H and O–H groups in total. The van der Waals surface area contributed by atoms with Crippen LogP contribution in [-0.4, -0.2) is 71.0 Å². The van der Waals surface area contributed by atoms with Crippen LogP contribution >= 0.6 is 0 Å². The van der Waals surface area contributed by atoms with Gasteiger partial charge in [-0.1, -0.05) is 23.8 Å². The Morgan fingerprint density at radius 3 is 2.54 bits per heavy atom. The van der Waals surface area contributed by atoms with Crippen molar-refractivity contribution < 1.29 is 14.3 Å². The van der Waals surface area contributed by atoms with E-state index in [9.17, 15) is 4.79 Å². The molecule has 0 saturated carbocycles. The lowest BCUT2D eigenvalue weighted by Gasteiger charge is -2.24. The summed E-state index contributed by atoms with van der Waals surface area (Å²) in [5, 5.41) is 5.76. The third-order valence-electron chi connectivity index (χ3n) is 6.68. The highest BCUT2D eigenvalue weighted by Crippen LogP contribution is 2.30. The number of benzene rings is 2. The van der Waals surface area contributed by atoms with Crippen molar-refractivity contribution in [2.24, 2.45) is 0 Å². The second kappa shape index (κ2) is 10.6. The van der Waals surface area contributed by atoms with Gasteiger partial charge in [-0.25, -0.2) is 14.6 Å². The molecule has 1 saturated heterocycles. The van der Waals surface area contributed by atoms with Crippen molar-refractivity contribution in [3.05, 3.63) is 71.2 Å². The van der Waals surface area contributed by atoms with E-state index >= 15 is 0 Å². The number of nitrogens with zero attached hydrogens (tertiary/aromatic N) is 6. The molecule has 192 valence electrons.